The Balaban J connectivity index is 2.06. The molecule has 0 radical (unpaired) electrons. The first-order valence-corrected chi connectivity index (χ1v) is 6.93. The second kappa shape index (κ2) is 6.52. The van der Waals surface area contributed by atoms with Gasteiger partial charge in [0.1, 0.15) is 0 Å². The van der Waals surface area contributed by atoms with Crippen molar-refractivity contribution in [2.75, 3.05) is 7.11 Å². The third-order valence-electron chi connectivity index (χ3n) is 2.90. The van der Waals surface area contributed by atoms with E-state index < -0.39 is 0 Å². The lowest BCUT2D eigenvalue weighted by atomic mass is 10.1. The van der Waals surface area contributed by atoms with Crippen LogP contribution in [0.15, 0.2) is 41.0 Å². The summed E-state index contributed by atoms with van der Waals surface area (Å²) in [7, 11) is 1.56. The molecule has 1 N–H and O–H groups in total. The predicted molar refractivity (Wildman–Crippen MR) is 80.8 cm³/mol. The molecular formula is C15H15BrN2O2. The van der Waals surface area contributed by atoms with Crippen LogP contribution in [0.3, 0.4) is 0 Å². The van der Waals surface area contributed by atoms with E-state index >= 15 is 0 Å². The van der Waals surface area contributed by atoms with E-state index in [1.54, 1.807) is 19.4 Å². The van der Waals surface area contributed by atoms with Crippen molar-refractivity contribution in [3.05, 3.63) is 57.7 Å². The predicted octanol–water partition coefficient (Wildman–Crippen LogP) is 3.09. The number of benzene rings is 1. The monoisotopic (exact) mass is 334 g/mol. The van der Waals surface area contributed by atoms with Crippen LogP contribution >= 0.6 is 15.9 Å². The fourth-order valence-electron chi connectivity index (χ4n) is 1.81. The number of halogens is 1. The van der Waals surface area contributed by atoms with Gasteiger partial charge in [-0.15, -0.1) is 0 Å². The largest absolute Gasteiger partial charge is 0.481 e. The molecule has 0 aliphatic carbocycles. The Morgan fingerprint density at radius 3 is 2.90 bits per heavy atom. The summed E-state index contributed by atoms with van der Waals surface area (Å²) in [5.41, 5.74) is 2.50. The zero-order valence-corrected chi connectivity index (χ0v) is 12.9. The van der Waals surface area contributed by atoms with Crippen LogP contribution in [0.5, 0.6) is 5.88 Å². The Kier molecular flexibility index (Phi) is 4.74. The molecule has 1 heterocycles. The number of hydrogen-bond donors (Lipinski definition) is 1. The molecule has 0 spiro atoms. The molecule has 0 saturated heterocycles. The van der Waals surface area contributed by atoms with Gasteiger partial charge in [0.05, 0.1) is 7.11 Å². The van der Waals surface area contributed by atoms with Crippen LogP contribution in [0.2, 0.25) is 0 Å². The summed E-state index contributed by atoms with van der Waals surface area (Å²) in [6.07, 6.45) is 1.65. The van der Waals surface area contributed by atoms with Crippen molar-refractivity contribution in [2.45, 2.75) is 13.5 Å². The number of carbonyl (C=O) groups is 1. The molecule has 1 amide bonds. The van der Waals surface area contributed by atoms with Crippen molar-refractivity contribution in [1.82, 2.24) is 10.3 Å². The number of hydrogen-bond acceptors (Lipinski definition) is 3. The topological polar surface area (TPSA) is 51.2 Å². The summed E-state index contributed by atoms with van der Waals surface area (Å²) in [6.45, 7) is 2.33. The van der Waals surface area contributed by atoms with Gasteiger partial charge in [-0.1, -0.05) is 22.0 Å². The Morgan fingerprint density at radius 2 is 2.20 bits per heavy atom. The van der Waals surface area contributed by atoms with E-state index in [0.717, 1.165) is 15.6 Å². The lowest BCUT2D eigenvalue weighted by Crippen LogP contribution is -2.23. The summed E-state index contributed by atoms with van der Waals surface area (Å²) in [4.78, 5) is 16.2. The number of pyridine rings is 1. The van der Waals surface area contributed by atoms with Crippen molar-refractivity contribution >= 4 is 21.8 Å². The van der Waals surface area contributed by atoms with Gasteiger partial charge < -0.3 is 10.1 Å². The molecule has 0 saturated carbocycles. The van der Waals surface area contributed by atoms with E-state index in [9.17, 15) is 4.79 Å². The standard InChI is InChI=1S/C15H15BrN2O2/c1-10-8-11(5-6-13(10)16)14(19)18-9-12-4-3-7-17-15(12)20-2/h3-8H,9H2,1-2H3,(H,18,19). The van der Waals surface area contributed by atoms with Gasteiger partial charge in [-0.2, -0.15) is 0 Å². The quantitative estimate of drug-likeness (QED) is 0.934. The first kappa shape index (κ1) is 14.5. The number of methoxy groups -OCH3 is 1. The van der Waals surface area contributed by atoms with Gasteiger partial charge in [0.2, 0.25) is 5.88 Å². The average molecular weight is 335 g/mol. The molecular weight excluding hydrogens is 320 g/mol. The Labute approximate surface area is 126 Å². The molecule has 0 aliphatic heterocycles. The third-order valence-corrected chi connectivity index (χ3v) is 3.79. The van der Waals surface area contributed by atoms with E-state index in [1.165, 1.54) is 0 Å². The van der Waals surface area contributed by atoms with Gasteiger partial charge in [-0.3, -0.25) is 4.79 Å². The van der Waals surface area contributed by atoms with Crippen molar-refractivity contribution in [1.29, 1.82) is 0 Å². The number of amides is 1. The van der Waals surface area contributed by atoms with Gasteiger partial charge >= 0.3 is 0 Å². The highest BCUT2D eigenvalue weighted by Gasteiger charge is 2.09. The van der Waals surface area contributed by atoms with Crippen LogP contribution in [-0.4, -0.2) is 18.0 Å². The lowest BCUT2D eigenvalue weighted by molar-refractivity contribution is 0.0950. The molecule has 0 fully saturated rings. The number of aryl methyl sites for hydroxylation is 1. The highest BCUT2D eigenvalue weighted by atomic mass is 79.9. The van der Waals surface area contributed by atoms with E-state index in [1.807, 2.05) is 31.2 Å². The van der Waals surface area contributed by atoms with Crippen LogP contribution in [0.25, 0.3) is 0 Å². The third kappa shape index (κ3) is 3.36. The number of nitrogens with one attached hydrogen (secondary N) is 1. The molecule has 2 rings (SSSR count). The maximum Gasteiger partial charge on any atom is 0.251 e. The van der Waals surface area contributed by atoms with Crippen molar-refractivity contribution in [3.8, 4) is 5.88 Å². The fraction of sp³-hybridized carbons (Fsp3) is 0.200. The van der Waals surface area contributed by atoms with E-state index in [-0.39, 0.29) is 5.91 Å². The van der Waals surface area contributed by atoms with Crippen LogP contribution in [0.1, 0.15) is 21.5 Å². The lowest BCUT2D eigenvalue weighted by Gasteiger charge is -2.09. The van der Waals surface area contributed by atoms with Gasteiger partial charge in [-0.25, -0.2) is 4.98 Å². The smallest absolute Gasteiger partial charge is 0.251 e. The molecule has 5 heteroatoms. The first-order chi connectivity index (χ1) is 9.61. The minimum atomic E-state index is -0.119. The van der Waals surface area contributed by atoms with Crippen LogP contribution in [0, 0.1) is 6.92 Å². The summed E-state index contributed by atoms with van der Waals surface area (Å²) >= 11 is 3.42. The number of rotatable bonds is 4. The Morgan fingerprint density at radius 1 is 1.40 bits per heavy atom. The Hall–Kier alpha value is -1.88. The summed E-state index contributed by atoms with van der Waals surface area (Å²) in [5.74, 6) is 0.409. The average Bonchev–Trinajstić information content (AvgIpc) is 2.47. The maximum atomic E-state index is 12.1. The first-order valence-electron chi connectivity index (χ1n) is 6.14. The molecule has 1 aromatic carbocycles. The SMILES string of the molecule is COc1ncccc1CNC(=O)c1ccc(Br)c(C)c1. The Bertz CT molecular complexity index is 629. The molecule has 0 unspecified atom stereocenters. The summed E-state index contributed by atoms with van der Waals surface area (Å²) < 4.78 is 6.14. The molecule has 104 valence electrons. The molecule has 2 aromatic rings. The van der Waals surface area contributed by atoms with E-state index in [4.69, 9.17) is 4.74 Å². The second-order valence-corrected chi connectivity index (χ2v) is 5.17. The number of ether oxygens (including phenoxy) is 1. The summed E-state index contributed by atoms with van der Waals surface area (Å²) in [5, 5.41) is 2.86. The molecule has 0 atom stereocenters. The van der Waals surface area contributed by atoms with Crippen molar-refractivity contribution in [2.24, 2.45) is 0 Å². The normalized spacial score (nSPS) is 10.2. The van der Waals surface area contributed by atoms with Gasteiger partial charge in [0, 0.05) is 28.3 Å². The van der Waals surface area contributed by atoms with E-state index in [2.05, 4.69) is 26.2 Å². The van der Waals surface area contributed by atoms with Crippen molar-refractivity contribution < 1.29 is 9.53 Å². The summed E-state index contributed by atoms with van der Waals surface area (Å²) in [6, 6.07) is 9.19. The molecule has 20 heavy (non-hydrogen) atoms. The number of nitrogens with zero attached hydrogens (tertiary/aromatic N) is 1. The highest BCUT2D eigenvalue weighted by Crippen LogP contribution is 2.17. The van der Waals surface area contributed by atoms with Crippen molar-refractivity contribution in [3.63, 3.8) is 0 Å². The van der Waals surface area contributed by atoms with Crippen LogP contribution < -0.4 is 10.1 Å². The fourth-order valence-corrected chi connectivity index (χ4v) is 2.05. The number of carbonyl (C=O) groups excluding carboxylic acids is 1. The molecule has 4 nitrogen and oxygen atoms in total. The zero-order chi connectivity index (χ0) is 14.5. The maximum absolute atomic E-state index is 12.1. The minimum absolute atomic E-state index is 0.119. The van der Waals surface area contributed by atoms with Crippen LogP contribution in [-0.2, 0) is 6.54 Å². The molecule has 0 bridgehead atoms. The number of aromatic nitrogens is 1. The zero-order valence-electron chi connectivity index (χ0n) is 11.3. The second-order valence-electron chi connectivity index (χ2n) is 4.32. The van der Waals surface area contributed by atoms with Gasteiger partial charge in [-0.05, 0) is 36.8 Å². The molecule has 1 aromatic heterocycles. The highest BCUT2D eigenvalue weighted by molar-refractivity contribution is 9.10. The minimum Gasteiger partial charge on any atom is -0.481 e. The van der Waals surface area contributed by atoms with Crippen LogP contribution in [0.4, 0.5) is 0 Å². The molecule has 0 aliphatic rings. The van der Waals surface area contributed by atoms with Gasteiger partial charge in [0.15, 0.2) is 0 Å². The van der Waals surface area contributed by atoms with E-state index in [0.29, 0.717) is 18.0 Å². The van der Waals surface area contributed by atoms with Gasteiger partial charge in [0.25, 0.3) is 5.91 Å².